The van der Waals surface area contributed by atoms with Crippen molar-refractivity contribution >= 4 is 21.6 Å². The van der Waals surface area contributed by atoms with Crippen LogP contribution < -0.4 is 19.7 Å². The van der Waals surface area contributed by atoms with Crippen molar-refractivity contribution < 1.29 is 17.9 Å². The molecule has 0 atom stereocenters. The van der Waals surface area contributed by atoms with Crippen LogP contribution >= 0.6 is 0 Å². The lowest BCUT2D eigenvalue weighted by molar-refractivity contribution is 0.0940. The van der Waals surface area contributed by atoms with Gasteiger partial charge in [0.25, 0.3) is 5.91 Å². The number of sulfonamides is 1. The van der Waals surface area contributed by atoms with Gasteiger partial charge in [-0.15, -0.1) is 0 Å². The quantitative estimate of drug-likeness (QED) is 0.601. The van der Waals surface area contributed by atoms with Crippen LogP contribution in [0.2, 0.25) is 0 Å². The summed E-state index contributed by atoms with van der Waals surface area (Å²) in [5, 5.41) is 2.76. The fourth-order valence-electron chi connectivity index (χ4n) is 3.05. The SMILES string of the molecule is CCN(CC)c1ccc(CNS(=O)(=O)c2ccc(OC)c(C(=O)NC(C)C)c2)cc1. The van der Waals surface area contributed by atoms with Crippen molar-refractivity contribution in [1.82, 2.24) is 10.0 Å². The van der Waals surface area contributed by atoms with Crippen LogP contribution in [0.1, 0.15) is 43.6 Å². The number of hydrogen-bond acceptors (Lipinski definition) is 5. The van der Waals surface area contributed by atoms with Crippen molar-refractivity contribution in [3.8, 4) is 5.75 Å². The molecule has 164 valence electrons. The van der Waals surface area contributed by atoms with E-state index >= 15 is 0 Å². The predicted octanol–water partition coefficient (Wildman–Crippen LogP) is 3.16. The number of anilines is 1. The number of nitrogens with zero attached hydrogens (tertiary/aromatic N) is 1. The van der Waals surface area contributed by atoms with Gasteiger partial charge < -0.3 is 15.0 Å². The molecule has 2 rings (SSSR count). The van der Waals surface area contributed by atoms with Gasteiger partial charge in [0.05, 0.1) is 17.6 Å². The van der Waals surface area contributed by atoms with Crippen LogP contribution in [0.3, 0.4) is 0 Å². The number of nitrogens with one attached hydrogen (secondary N) is 2. The number of rotatable bonds is 10. The van der Waals surface area contributed by atoms with Gasteiger partial charge in [0.2, 0.25) is 10.0 Å². The van der Waals surface area contributed by atoms with Crippen molar-refractivity contribution in [1.29, 1.82) is 0 Å². The van der Waals surface area contributed by atoms with E-state index in [0.717, 1.165) is 24.3 Å². The maximum atomic E-state index is 12.8. The zero-order chi connectivity index (χ0) is 22.3. The van der Waals surface area contributed by atoms with Crippen molar-refractivity contribution in [3.05, 3.63) is 53.6 Å². The lowest BCUT2D eigenvalue weighted by Gasteiger charge is -2.21. The number of carbonyl (C=O) groups excluding carboxylic acids is 1. The molecule has 0 fully saturated rings. The summed E-state index contributed by atoms with van der Waals surface area (Å²) in [5.41, 5.74) is 2.13. The summed E-state index contributed by atoms with van der Waals surface area (Å²) < 4.78 is 33.4. The molecular formula is C22H31N3O4S. The van der Waals surface area contributed by atoms with Crippen LogP contribution in [0, 0.1) is 0 Å². The summed E-state index contributed by atoms with van der Waals surface area (Å²) in [6.45, 7) is 9.82. The monoisotopic (exact) mass is 433 g/mol. The zero-order valence-electron chi connectivity index (χ0n) is 18.2. The number of carbonyl (C=O) groups is 1. The highest BCUT2D eigenvalue weighted by Gasteiger charge is 2.20. The third kappa shape index (κ3) is 5.96. The van der Waals surface area contributed by atoms with Crippen molar-refractivity contribution in [2.45, 2.75) is 45.2 Å². The van der Waals surface area contributed by atoms with Crippen molar-refractivity contribution in [3.63, 3.8) is 0 Å². The standard InChI is InChI=1S/C22H31N3O4S/c1-6-25(7-2)18-10-8-17(9-11-18)15-23-30(27,28)19-12-13-21(29-5)20(14-19)22(26)24-16(3)4/h8-14,16,23H,6-7,15H2,1-5H3,(H,24,26). The second kappa shape index (κ2) is 10.4. The Morgan fingerprint density at radius 1 is 1.07 bits per heavy atom. The molecule has 0 unspecified atom stereocenters. The van der Waals surface area contributed by atoms with Gasteiger partial charge in [0.1, 0.15) is 5.75 Å². The molecule has 0 saturated carbocycles. The minimum atomic E-state index is -3.80. The minimum Gasteiger partial charge on any atom is -0.496 e. The second-order valence-electron chi connectivity index (χ2n) is 7.15. The Morgan fingerprint density at radius 2 is 1.70 bits per heavy atom. The smallest absolute Gasteiger partial charge is 0.255 e. The summed E-state index contributed by atoms with van der Waals surface area (Å²) in [7, 11) is -2.36. The van der Waals surface area contributed by atoms with E-state index in [1.54, 1.807) is 0 Å². The van der Waals surface area contributed by atoms with Crippen LogP contribution in [-0.2, 0) is 16.6 Å². The Hall–Kier alpha value is -2.58. The molecule has 0 aliphatic carbocycles. The Labute approximate surface area is 179 Å². The van der Waals surface area contributed by atoms with Crippen molar-refractivity contribution in [2.75, 3.05) is 25.1 Å². The molecule has 0 heterocycles. The lowest BCUT2D eigenvalue weighted by atomic mass is 10.2. The first-order valence-corrected chi connectivity index (χ1v) is 11.5. The second-order valence-corrected chi connectivity index (χ2v) is 8.92. The van der Waals surface area contributed by atoms with Gasteiger partial charge in [-0.1, -0.05) is 12.1 Å². The fourth-order valence-corrected chi connectivity index (χ4v) is 4.09. The van der Waals surface area contributed by atoms with Gasteiger partial charge in [-0.05, 0) is 63.6 Å². The number of amides is 1. The molecule has 0 radical (unpaired) electrons. The maximum Gasteiger partial charge on any atom is 0.255 e. The van der Waals surface area contributed by atoms with E-state index in [2.05, 4.69) is 28.8 Å². The molecule has 0 spiro atoms. The van der Waals surface area contributed by atoms with E-state index in [1.165, 1.54) is 25.3 Å². The van der Waals surface area contributed by atoms with E-state index in [-0.39, 0.29) is 29.0 Å². The highest BCUT2D eigenvalue weighted by atomic mass is 32.2. The first kappa shape index (κ1) is 23.7. The highest BCUT2D eigenvalue weighted by molar-refractivity contribution is 7.89. The molecule has 0 aliphatic heterocycles. The van der Waals surface area contributed by atoms with Crippen LogP contribution in [-0.4, -0.2) is 40.6 Å². The fraction of sp³-hybridized carbons (Fsp3) is 0.409. The van der Waals surface area contributed by atoms with E-state index < -0.39 is 10.0 Å². The summed E-state index contributed by atoms with van der Waals surface area (Å²) in [5.74, 6) is -0.0648. The largest absolute Gasteiger partial charge is 0.496 e. The highest BCUT2D eigenvalue weighted by Crippen LogP contribution is 2.23. The molecule has 1 amide bonds. The molecule has 7 nitrogen and oxygen atoms in total. The first-order valence-electron chi connectivity index (χ1n) is 10.0. The van der Waals surface area contributed by atoms with Crippen LogP contribution in [0.25, 0.3) is 0 Å². The molecule has 2 aromatic carbocycles. The summed E-state index contributed by atoms with van der Waals surface area (Å²) >= 11 is 0. The van der Waals surface area contributed by atoms with Gasteiger partial charge in [-0.2, -0.15) is 0 Å². The Bertz CT molecular complexity index is 953. The zero-order valence-corrected chi connectivity index (χ0v) is 19.0. The third-order valence-electron chi connectivity index (χ3n) is 4.68. The maximum absolute atomic E-state index is 12.8. The molecule has 0 saturated heterocycles. The van der Waals surface area contributed by atoms with Crippen molar-refractivity contribution in [2.24, 2.45) is 0 Å². The third-order valence-corrected chi connectivity index (χ3v) is 6.08. The van der Waals surface area contributed by atoms with E-state index in [0.29, 0.717) is 5.75 Å². The van der Waals surface area contributed by atoms with Crippen LogP contribution in [0.15, 0.2) is 47.4 Å². The summed E-state index contributed by atoms with van der Waals surface area (Å²) in [6, 6.07) is 12.0. The van der Waals surface area contributed by atoms with Crippen LogP contribution in [0.5, 0.6) is 5.75 Å². The average molecular weight is 434 g/mol. The molecule has 30 heavy (non-hydrogen) atoms. The molecule has 2 N–H and O–H groups in total. The molecule has 0 aliphatic rings. The number of benzene rings is 2. The van der Waals surface area contributed by atoms with E-state index in [1.807, 2.05) is 38.1 Å². The predicted molar refractivity (Wildman–Crippen MR) is 120 cm³/mol. The van der Waals surface area contributed by atoms with Gasteiger partial charge in [0.15, 0.2) is 0 Å². The number of ether oxygens (including phenoxy) is 1. The Balaban J connectivity index is 2.18. The molecule has 0 bridgehead atoms. The van der Waals surface area contributed by atoms with Gasteiger partial charge >= 0.3 is 0 Å². The summed E-state index contributed by atoms with van der Waals surface area (Å²) in [6.07, 6.45) is 0. The van der Waals surface area contributed by atoms with Gasteiger partial charge in [-0.3, -0.25) is 4.79 Å². The van der Waals surface area contributed by atoms with Gasteiger partial charge in [-0.25, -0.2) is 13.1 Å². The minimum absolute atomic E-state index is 0.0111. The molecule has 0 aromatic heterocycles. The lowest BCUT2D eigenvalue weighted by Crippen LogP contribution is -2.31. The Kier molecular flexibility index (Phi) is 8.25. The average Bonchev–Trinajstić information content (AvgIpc) is 2.73. The van der Waals surface area contributed by atoms with Crippen LogP contribution in [0.4, 0.5) is 5.69 Å². The topological polar surface area (TPSA) is 87.7 Å². The molecule has 8 heteroatoms. The summed E-state index contributed by atoms with van der Waals surface area (Å²) in [4.78, 5) is 14.6. The Morgan fingerprint density at radius 3 is 2.23 bits per heavy atom. The number of hydrogen-bond donors (Lipinski definition) is 2. The molecule has 2 aromatic rings. The molecular weight excluding hydrogens is 402 g/mol. The number of methoxy groups -OCH3 is 1. The van der Waals surface area contributed by atoms with E-state index in [9.17, 15) is 13.2 Å². The van der Waals surface area contributed by atoms with E-state index in [4.69, 9.17) is 4.74 Å². The van der Waals surface area contributed by atoms with Gasteiger partial charge in [0, 0.05) is 31.4 Å². The normalized spacial score (nSPS) is 11.4. The first-order chi connectivity index (χ1) is 14.2.